The van der Waals surface area contributed by atoms with Crippen LogP contribution in [0.5, 0.6) is 0 Å². The van der Waals surface area contributed by atoms with Crippen LogP contribution >= 0.6 is 0 Å². The van der Waals surface area contributed by atoms with Crippen molar-refractivity contribution >= 4 is 5.97 Å². The third-order valence-corrected chi connectivity index (χ3v) is 2.87. The second-order valence-electron chi connectivity index (χ2n) is 4.36. The molecule has 0 aromatic rings. The summed E-state index contributed by atoms with van der Waals surface area (Å²) in [5, 5.41) is 0. The van der Waals surface area contributed by atoms with E-state index in [1.807, 2.05) is 0 Å². The van der Waals surface area contributed by atoms with E-state index in [4.69, 9.17) is 4.74 Å². The van der Waals surface area contributed by atoms with E-state index in [0.717, 1.165) is 25.9 Å². The van der Waals surface area contributed by atoms with Crippen molar-refractivity contribution in [2.75, 3.05) is 13.1 Å². The number of ether oxygens (including phenoxy) is 1. The first-order valence-corrected chi connectivity index (χ1v) is 6.67. The van der Waals surface area contributed by atoms with Gasteiger partial charge in [-0.25, -0.2) is 4.79 Å². The normalized spacial score (nSPS) is 12.5. The topological polar surface area (TPSA) is 29.5 Å². The van der Waals surface area contributed by atoms with E-state index in [-0.39, 0.29) is 12.2 Å². The van der Waals surface area contributed by atoms with Crippen molar-refractivity contribution in [1.29, 1.82) is 0 Å². The van der Waals surface area contributed by atoms with Crippen LogP contribution in [0.25, 0.3) is 0 Å². The molecule has 0 N–H and O–H groups in total. The van der Waals surface area contributed by atoms with Gasteiger partial charge in [-0.15, -0.1) is 0 Å². The maximum atomic E-state index is 11.6. The van der Waals surface area contributed by atoms with Gasteiger partial charge in [0.05, 0.1) is 0 Å². The van der Waals surface area contributed by atoms with Crippen LogP contribution in [0.2, 0.25) is 0 Å². The zero-order valence-corrected chi connectivity index (χ0v) is 11.8. The zero-order chi connectivity index (χ0) is 13.3. The lowest BCUT2D eigenvalue weighted by Crippen LogP contribution is -2.38. The maximum Gasteiger partial charge on any atom is 0.334 e. The SMILES string of the molecule is C=C(C)C(=O)OC(CCCCC)N(CC)CC. The minimum Gasteiger partial charge on any atom is -0.443 e. The molecule has 0 fully saturated rings. The van der Waals surface area contributed by atoms with Gasteiger partial charge >= 0.3 is 5.97 Å². The summed E-state index contributed by atoms with van der Waals surface area (Å²) < 4.78 is 5.49. The molecule has 0 rings (SSSR count). The molecular weight excluding hydrogens is 214 g/mol. The summed E-state index contributed by atoms with van der Waals surface area (Å²) in [6.07, 6.45) is 4.28. The van der Waals surface area contributed by atoms with E-state index >= 15 is 0 Å². The van der Waals surface area contributed by atoms with Gasteiger partial charge in [0.2, 0.25) is 0 Å². The molecule has 0 aliphatic heterocycles. The third kappa shape index (κ3) is 6.47. The first kappa shape index (κ1) is 16.2. The number of nitrogens with zero attached hydrogens (tertiary/aromatic N) is 1. The van der Waals surface area contributed by atoms with Crippen LogP contribution in [0.1, 0.15) is 53.4 Å². The molecule has 0 aliphatic rings. The molecule has 3 nitrogen and oxygen atoms in total. The fraction of sp³-hybridized carbons (Fsp3) is 0.786. The van der Waals surface area contributed by atoms with Gasteiger partial charge in [-0.2, -0.15) is 0 Å². The number of hydrogen-bond donors (Lipinski definition) is 0. The molecule has 0 heterocycles. The molecule has 0 saturated heterocycles. The van der Waals surface area contributed by atoms with E-state index < -0.39 is 0 Å². The molecule has 100 valence electrons. The van der Waals surface area contributed by atoms with Gasteiger partial charge in [0, 0.05) is 5.57 Å². The van der Waals surface area contributed by atoms with E-state index in [9.17, 15) is 4.79 Å². The van der Waals surface area contributed by atoms with Crippen LogP contribution in [0.4, 0.5) is 0 Å². The Labute approximate surface area is 106 Å². The molecule has 1 atom stereocenters. The first-order chi connectivity index (χ1) is 8.06. The van der Waals surface area contributed by atoms with Crippen molar-refractivity contribution in [2.24, 2.45) is 0 Å². The molecule has 0 aromatic carbocycles. The van der Waals surface area contributed by atoms with Crippen LogP contribution in [0, 0.1) is 0 Å². The Morgan fingerprint density at radius 2 is 1.82 bits per heavy atom. The van der Waals surface area contributed by atoms with Crippen LogP contribution in [-0.4, -0.2) is 30.2 Å². The predicted molar refractivity (Wildman–Crippen MR) is 71.8 cm³/mol. The fourth-order valence-corrected chi connectivity index (χ4v) is 1.74. The summed E-state index contributed by atoms with van der Waals surface area (Å²) in [5.41, 5.74) is 0.470. The second-order valence-corrected chi connectivity index (χ2v) is 4.36. The summed E-state index contributed by atoms with van der Waals surface area (Å²) in [6, 6.07) is 0. The molecule has 0 amide bonds. The minimum absolute atomic E-state index is 0.0965. The summed E-state index contributed by atoms with van der Waals surface area (Å²) in [7, 11) is 0. The van der Waals surface area contributed by atoms with Crippen molar-refractivity contribution in [1.82, 2.24) is 4.90 Å². The fourth-order valence-electron chi connectivity index (χ4n) is 1.74. The Kier molecular flexibility index (Phi) is 8.78. The van der Waals surface area contributed by atoms with Crippen molar-refractivity contribution in [3.63, 3.8) is 0 Å². The Bertz CT molecular complexity index is 234. The first-order valence-electron chi connectivity index (χ1n) is 6.67. The lowest BCUT2D eigenvalue weighted by Gasteiger charge is -2.29. The lowest BCUT2D eigenvalue weighted by atomic mass is 10.1. The monoisotopic (exact) mass is 241 g/mol. The van der Waals surface area contributed by atoms with Gasteiger partial charge in [-0.3, -0.25) is 4.90 Å². The molecular formula is C14H27NO2. The number of carbonyl (C=O) groups is 1. The molecule has 0 bridgehead atoms. The predicted octanol–water partition coefficient (Wildman–Crippen LogP) is 3.35. The number of hydrogen-bond acceptors (Lipinski definition) is 3. The van der Waals surface area contributed by atoms with Crippen LogP contribution in [-0.2, 0) is 9.53 Å². The lowest BCUT2D eigenvalue weighted by molar-refractivity contribution is -0.154. The van der Waals surface area contributed by atoms with Gasteiger partial charge in [-0.1, -0.05) is 40.2 Å². The van der Waals surface area contributed by atoms with Crippen LogP contribution in [0.3, 0.4) is 0 Å². The molecule has 0 saturated carbocycles. The zero-order valence-electron chi connectivity index (χ0n) is 11.8. The average molecular weight is 241 g/mol. The van der Waals surface area contributed by atoms with E-state index in [2.05, 4.69) is 32.3 Å². The Morgan fingerprint density at radius 1 is 1.24 bits per heavy atom. The molecule has 0 radical (unpaired) electrons. The quantitative estimate of drug-likeness (QED) is 0.268. The Morgan fingerprint density at radius 3 is 2.24 bits per heavy atom. The third-order valence-electron chi connectivity index (χ3n) is 2.87. The highest BCUT2D eigenvalue weighted by molar-refractivity contribution is 5.87. The highest BCUT2D eigenvalue weighted by Gasteiger charge is 2.19. The molecule has 17 heavy (non-hydrogen) atoms. The summed E-state index contributed by atoms with van der Waals surface area (Å²) in [5.74, 6) is -0.279. The second kappa shape index (κ2) is 9.23. The van der Waals surface area contributed by atoms with Crippen molar-refractivity contribution < 1.29 is 9.53 Å². The van der Waals surface area contributed by atoms with E-state index in [0.29, 0.717) is 5.57 Å². The standard InChI is InChI=1S/C14H27NO2/c1-6-9-10-11-13(15(7-2)8-3)17-14(16)12(4)5/h13H,4,6-11H2,1-3,5H3. The minimum atomic E-state index is -0.279. The average Bonchev–Trinajstić information content (AvgIpc) is 2.30. The van der Waals surface area contributed by atoms with Gasteiger partial charge in [0.15, 0.2) is 6.23 Å². The van der Waals surface area contributed by atoms with Crippen molar-refractivity contribution in [3.05, 3.63) is 12.2 Å². The molecule has 3 heteroatoms. The molecule has 0 aromatic heterocycles. The highest BCUT2D eigenvalue weighted by atomic mass is 16.6. The number of rotatable bonds is 9. The summed E-state index contributed by atoms with van der Waals surface area (Å²) in [6.45, 7) is 13.5. The van der Waals surface area contributed by atoms with E-state index in [1.54, 1.807) is 6.92 Å². The summed E-state index contributed by atoms with van der Waals surface area (Å²) in [4.78, 5) is 13.8. The van der Waals surface area contributed by atoms with Gasteiger partial charge in [-0.05, 0) is 32.9 Å². The van der Waals surface area contributed by atoms with Gasteiger partial charge in [0.1, 0.15) is 0 Å². The number of esters is 1. The van der Waals surface area contributed by atoms with Crippen molar-refractivity contribution in [2.45, 2.75) is 59.6 Å². The van der Waals surface area contributed by atoms with E-state index in [1.165, 1.54) is 12.8 Å². The molecule has 0 spiro atoms. The van der Waals surface area contributed by atoms with Gasteiger partial charge < -0.3 is 4.74 Å². The molecule has 1 unspecified atom stereocenters. The maximum absolute atomic E-state index is 11.6. The summed E-state index contributed by atoms with van der Waals surface area (Å²) >= 11 is 0. The Hall–Kier alpha value is -0.830. The molecule has 0 aliphatic carbocycles. The number of carbonyl (C=O) groups excluding carboxylic acids is 1. The number of unbranched alkanes of at least 4 members (excludes halogenated alkanes) is 2. The smallest absolute Gasteiger partial charge is 0.334 e. The van der Waals surface area contributed by atoms with Crippen LogP contribution in [0.15, 0.2) is 12.2 Å². The largest absolute Gasteiger partial charge is 0.443 e. The highest BCUT2D eigenvalue weighted by Crippen LogP contribution is 2.13. The van der Waals surface area contributed by atoms with Crippen molar-refractivity contribution in [3.8, 4) is 0 Å². The van der Waals surface area contributed by atoms with Crippen LogP contribution < -0.4 is 0 Å². The van der Waals surface area contributed by atoms with Gasteiger partial charge in [0.25, 0.3) is 0 Å². The Balaban J connectivity index is 4.37.